The molecule has 1 aliphatic rings. The Labute approximate surface area is 169 Å². The van der Waals surface area contributed by atoms with Crippen molar-refractivity contribution in [1.82, 2.24) is 10.4 Å². The van der Waals surface area contributed by atoms with E-state index in [0.717, 1.165) is 15.5 Å². The highest BCUT2D eigenvalue weighted by atomic mass is 16.2. The summed E-state index contributed by atoms with van der Waals surface area (Å²) in [5, 5.41) is 1.01. The zero-order chi connectivity index (χ0) is 21.1. The number of para-hydroxylation sites is 1. The molecule has 3 rings (SSSR count). The van der Waals surface area contributed by atoms with Crippen LogP contribution >= 0.6 is 0 Å². The van der Waals surface area contributed by atoms with Gasteiger partial charge in [0, 0.05) is 11.5 Å². The van der Waals surface area contributed by atoms with Crippen molar-refractivity contribution in [3.05, 3.63) is 65.7 Å². The van der Waals surface area contributed by atoms with E-state index in [2.05, 4.69) is 5.43 Å². The number of carbonyl (C=O) groups is 4. The first-order valence-electron chi connectivity index (χ1n) is 9.42. The number of benzene rings is 2. The lowest BCUT2D eigenvalue weighted by Crippen LogP contribution is -2.55. The van der Waals surface area contributed by atoms with Gasteiger partial charge in [0.15, 0.2) is 0 Å². The molecule has 1 N–H and O–H groups in total. The fraction of sp³-hybridized carbons (Fsp3) is 0.273. The number of amides is 4. The Morgan fingerprint density at radius 2 is 1.66 bits per heavy atom. The minimum absolute atomic E-state index is 0.194. The molecule has 7 heteroatoms. The lowest BCUT2D eigenvalue weighted by Gasteiger charge is -2.29. The van der Waals surface area contributed by atoms with E-state index in [1.807, 2.05) is 6.92 Å². The summed E-state index contributed by atoms with van der Waals surface area (Å²) >= 11 is 0. The number of aryl methyl sites for hydroxylation is 1. The highest BCUT2D eigenvalue weighted by Gasteiger charge is 2.45. The van der Waals surface area contributed by atoms with Crippen LogP contribution in [0, 0.1) is 12.8 Å². The van der Waals surface area contributed by atoms with Crippen LogP contribution in [0.5, 0.6) is 0 Å². The van der Waals surface area contributed by atoms with Crippen LogP contribution in [0.2, 0.25) is 0 Å². The lowest BCUT2D eigenvalue weighted by atomic mass is 10.1. The smallest absolute Gasteiger partial charge is 0.269 e. The third-order valence-electron chi connectivity index (χ3n) is 4.72. The Balaban J connectivity index is 1.88. The van der Waals surface area contributed by atoms with Crippen LogP contribution in [0.4, 0.5) is 5.69 Å². The fourth-order valence-corrected chi connectivity index (χ4v) is 3.11. The molecule has 1 atom stereocenters. The van der Waals surface area contributed by atoms with Crippen LogP contribution < -0.4 is 10.3 Å². The highest BCUT2D eigenvalue weighted by Crippen LogP contribution is 2.25. The molecule has 150 valence electrons. The second-order valence-corrected chi connectivity index (χ2v) is 7.29. The number of hydrazine groups is 1. The maximum Gasteiger partial charge on any atom is 0.269 e. The van der Waals surface area contributed by atoms with E-state index < -0.39 is 35.6 Å². The molecule has 29 heavy (non-hydrogen) atoms. The van der Waals surface area contributed by atoms with Gasteiger partial charge >= 0.3 is 0 Å². The van der Waals surface area contributed by atoms with Crippen LogP contribution in [0.25, 0.3) is 0 Å². The molecule has 1 heterocycles. The summed E-state index contributed by atoms with van der Waals surface area (Å²) in [5.74, 6) is -2.39. The zero-order valence-corrected chi connectivity index (χ0v) is 16.6. The van der Waals surface area contributed by atoms with Crippen molar-refractivity contribution >= 4 is 29.3 Å². The average molecular weight is 393 g/mol. The Morgan fingerprint density at radius 1 is 1.03 bits per heavy atom. The molecule has 0 aliphatic carbocycles. The maximum atomic E-state index is 13.0. The zero-order valence-electron chi connectivity index (χ0n) is 16.6. The van der Waals surface area contributed by atoms with Crippen molar-refractivity contribution in [3.8, 4) is 0 Å². The highest BCUT2D eigenvalue weighted by molar-refractivity contribution is 6.23. The Kier molecular flexibility index (Phi) is 5.77. The second-order valence-electron chi connectivity index (χ2n) is 7.29. The summed E-state index contributed by atoms with van der Waals surface area (Å²) in [6.07, 6.45) is -0.194. The van der Waals surface area contributed by atoms with Gasteiger partial charge in [0.05, 0.1) is 12.1 Å². The third kappa shape index (κ3) is 4.18. The predicted octanol–water partition coefficient (Wildman–Crippen LogP) is 2.46. The van der Waals surface area contributed by atoms with Gasteiger partial charge in [-0.05, 0) is 31.2 Å². The monoisotopic (exact) mass is 393 g/mol. The molecule has 1 fully saturated rings. The van der Waals surface area contributed by atoms with E-state index >= 15 is 0 Å². The van der Waals surface area contributed by atoms with Gasteiger partial charge in [-0.2, -0.15) is 0 Å². The van der Waals surface area contributed by atoms with Crippen LogP contribution in [0.15, 0.2) is 54.6 Å². The SMILES string of the molecule is Cc1ccc(C(=O)NN(C(=O)C(C)C)[C@H]2CC(=O)N(c3ccccc3)C2=O)cc1. The summed E-state index contributed by atoms with van der Waals surface area (Å²) in [6, 6.07) is 14.3. The van der Waals surface area contributed by atoms with E-state index in [9.17, 15) is 19.2 Å². The second kappa shape index (κ2) is 8.26. The van der Waals surface area contributed by atoms with E-state index in [4.69, 9.17) is 0 Å². The molecule has 0 unspecified atom stereocenters. The van der Waals surface area contributed by atoms with Gasteiger partial charge in [0.1, 0.15) is 6.04 Å². The van der Waals surface area contributed by atoms with Crippen molar-refractivity contribution in [2.24, 2.45) is 5.92 Å². The van der Waals surface area contributed by atoms with Gasteiger partial charge in [-0.15, -0.1) is 0 Å². The number of nitrogens with one attached hydrogen (secondary N) is 1. The van der Waals surface area contributed by atoms with Gasteiger partial charge in [-0.25, -0.2) is 9.91 Å². The van der Waals surface area contributed by atoms with E-state index in [-0.39, 0.29) is 6.42 Å². The van der Waals surface area contributed by atoms with Gasteiger partial charge in [-0.3, -0.25) is 24.6 Å². The Hall–Kier alpha value is -3.48. The average Bonchev–Trinajstić information content (AvgIpc) is 3.00. The van der Waals surface area contributed by atoms with E-state index in [1.165, 1.54) is 0 Å². The molecule has 0 spiro atoms. The van der Waals surface area contributed by atoms with Gasteiger partial charge in [0.25, 0.3) is 11.8 Å². The molecule has 0 radical (unpaired) electrons. The quantitative estimate of drug-likeness (QED) is 0.639. The molecule has 0 saturated carbocycles. The van der Waals surface area contributed by atoms with Crippen molar-refractivity contribution < 1.29 is 19.2 Å². The number of anilines is 1. The Morgan fingerprint density at radius 3 is 2.24 bits per heavy atom. The molecule has 1 aliphatic heterocycles. The molecule has 2 aromatic carbocycles. The molecule has 2 aromatic rings. The molecular weight excluding hydrogens is 370 g/mol. The molecule has 4 amide bonds. The van der Waals surface area contributed by atoms with E-state index in [1.54, 1.807) is 68.4 Å². The molecular formula is C22H23N3O4. The van der Waals surface area contributed by atoms with Crippen LogP contribution in [-0.4, -0.2) is 34.7 Å². The number of nitrogens with zero attached hydrogens (tertiary/aromatic N) is 2. The summed E-state index contributed by atoms with van der Waals surface area (Å²) in [4.78, 5) is 52.1. The summed E-state index contributed by atoms with van der Waals surface area (Å²) in [5.41, 5.74) is 4.33. The topological polar surface area (TPSA) is 86.8 Å². The fourth-order valence-electron chi connectivity index (χ4n) is 3.11. The third-order valence-corrected chi connectivity index (χ3v) is 4.72. The summed E-state index contributed by atoms with van der Waals surface area (Å²) in [7, 11) is 0. The minimum atomic E-state index is -1.09. The number of rotatable bonds is 4. The van der Waals surface area contributed by atoms with Crippen molar-refractivity contribution in [3.63, 3.8) is 0 Å². The minimum Gasteiger partial charge on any atom is -0.274 e. The van der Waals surface area contributed by atoms with Crippen molar-refractivity contribution in [2.75, 3.05) is 4.90 Å². The van der Waals surface area contributed by atoms with Gasteiger partial charge < -0.3 is 0 Å². The lowest BCUT2D eigenvalue weighted by molar-refractivity contribution is -0.143. The largest absolute Gasteiger partial charge is 0.274 e. The number of carbonyl (C=O) groups excluding carboxylic acids is 4. The van der Waals surface area contributed by atoms with Crippen LogP contribution in [0.3, 0.4) is 0 Å². The number of hydrogen-bond acceptors (Lipinski definition) is 4. The molecule has 1 saturated heterocycles. The molecule has 7 nitrogen and oxygen atoms in total. The summed E-state index contributed by atoms with van der Waals surface area (Å²) in [6.45, 7) is 5.24. The first-order valence-corrected chi connectivity index (χ1v) is 9.42. The van der Waals surface area contributed by atoms with Gasteiger partial charge in [-0.1, -0.05) is 49.7 Å². The van der Waals surface area contributed by atoms with Crippen molar-refractivity contribution in [1.29, 1.82) is 0 Å². The first-order chi connectivity index (χ1) is 13.8. The summed E-state index contributed by atoms with van der Waals surface area (Å²) < 4.78 is 0. The molecule has 0 aromatic heterocycles. The van der Waals surface area contributed by atoms with Crippen molar-refractivity contribution in [2.45, 2.75) is 33.2 Å². The normalized spacial score (nSPS) is 16.3. The first kappa shape index (κ1) is 20.3. The van der Waals surface area contributed by atoms with Gasteiger partial charge in [0.2, 0.25) is 11.8 Å². The van der Waals surface area contributed by atoms with Crippen LogP contribution in [0.1, 0.15) is 36.2 Å². The van der Waals surface area contributed by atoms with E-state index in [0.29, 0.717) is 11.3 Å². The Bertz CT molecular complexity index is 938. The predicted molar refractivity (Wildman–Crippen MR) is 108 cm³/mol. The standard InChI is InChI=1S/C22H23N3O4/c1-14(2)21(28)25(23-20(27)16-11-9-15(3)10-12-16)18-13-19(26)24(22(18)29)17-7-5-4-6-8-17/h4-12,14,18H,13H2,1-3H3,(H,23,27)/t18-/m0/s1. The van der Waals surface area contributed by atoms with Crippen LogP contribution in [-0.2, 0) is 14.4 Å². The number of hydrogen-bond donors (Lipinski definition) is 1. The number of imide groups is 1. The molecule has 0 bridgehead atoms. The maximum absolute atomic E-state index is 13.0.